The van der Waals surface area contributed by atoms with E-state index in [-0.39, 0.29) is 0 Å². The van der Waals surface area contributed by atoms with Crippen molar-refractivity contribution >= 4 is 5.69 Å². The second-order valence-corrected chi connectivity index (χ2v) is 8.27. The van der Waals surface area contributed by atoms with E-state index in [1.54, 1.807) is 0 Å². The summed E-state index contributed by atoms with van der Waals surface area (Å²) in [6.07, 6.45) is 8.73. The number of anilines is 1. The van der Waals surface area contributed by atoms with Crippen molar-refractivity contribution in [2.45, 2.75) is 44.1 Å². The average Bonchev–Trinajstić information content (AvgIpc) is 2.55. The van der Waals surface area contributed by atoms with Gasteiger partial charge in [-0.2, -0.15) is 0 Å². The second-order valence-electron chi connectivity index (χ2n) is 8.27. The van der Waals surface area contributed by atoms with Crippen LogP contribution in [0.25, 0.3) is 11.1 Å². The fourth-order valence-electron chi connectivity index (χ4n) is 5.95. The summed E-state index contributed by atoms with van der Waals surface area (Å²) >= 11 is 0. The smallest absolute Gasteiger partial charge is 0.0381 e. The molecule has 4 bridgehead atoms. The van der Waals surface area contributed by atoms with Crippen LogP contribution in [0, 0.1) is 17.8 Å². The Bertz CT molecular complexity index is 650. The second kappa shape index (κ2) is 5.12. The summed E-state index contributed by atoms with van der Waals surface area (Å²) in [5.74, 6) is 2.99. The van der Waals surface area contributed by atoms with Crippen LogP contribution in [0.1, 0.15) is 38.5 Å². The molecule has 0 saturated heterocycles. The highest BCUT2D eigenvalue weighted by molar-refractivity contribution is 5.66. The monoisotopic (exact) mass is 303 g/mol. The van der Waals surface area contributed by atoms with Crippen LogP contribution >= 0.6 is 0 Å². The van der Waals surface area contributed by atoms with Crippen molar-refractivity contribution in [1.29, 1.82) is 0 Å². The topological polar surface area (TPSA) is 12.0 Å². The molecule has 0 spiro atoms. The van der Waals surface area contributed by atoms with Gasteiger partial charge in [-0.1, -0.05) is 42.5 Å². The van der Waals surface area contributed by atoms with Gasteiger partial charge in [-0.05, 0) is 79.5 Å². The molecule has 2 aromatic carbocycles. The lowest BCUT2D eigenvalue weighted by atomic mass is 9.53. The van der Waals surface area contributed by atoms with Crippen molar-refractivity contribution in [1.82, 2.24) is 0 Å². The Labute approximate surface area is 139 Å². The third-order valence-electron chi connectivity index (χ3n) is 6.44. The zero-order valence-corrected chi connectivity index (χ0v) is 13.7. The van der Waals surface area contributed by atoms with Crippen molar-refractivity contribution in [3.63, 3.8) is 0 Å². The van der Waals surface area contributed by atoms with E-state index in [4.69, 9.17) is 0 Å². The molecule has 0 amide bonds. The molecule has 4 aliphatic carbocycles. The van der Waals surface area contributed by atoms with E-state index in [0.29, 0.717) is 5.54 Å². The molecule has 0 aromatic heterocycles. The molecule has 4 aliphatic rings. The van der Waals surface area contributed by atoms with Crippen molar-refractivity contribution < 1.29 is 0 Å². The largest absolute Gasteiger partial charge is 0.380 e. The Hall–Kier alpha value is -1.76. The fourth-order valence-corrected chi connectivity index (χ4v) is 5.95. The Morgan fingerprint density at radius 2 is 1.17 bits per heavy atom. The highest BCUT2D eigenvalue weighted by Crippen LogP contribution is 2.56. The lowest BCUT2D eigenvalue weighted by molar-refractivity contribution is 0.0107. The first kappa shape index (κ1) is 13.7. The van der Waals surface area contributed by atoms with Gasteiger partial charge in [-0.25, -0.2) is 0 Å². The first-order valence-corrected chi connectivity index (χ1v) is 9.22. The fraction of sp³-hybridized carbons (Fsp3) is 0.455. The highest BCUT2D eigenvalue weighted by Gasteiger charge is 2.50. The van der Waals surface area contributed by atoms with Crippen LogP contribution in [-0.2, 0) is 0 Å². The molecule has 4 saturated carbocycles. The summed E-state index contributed by atoms with van der Waals surface area (Å²) in [6.45, 7) is 0. The summed E-state index contributed by atoms with van der Waals surface area (Å²) in [7, 11) is 0. The Morgan fingerprint density at radius 1 is 0.652 bits per heavy atom. The molecule has 118 valence electrons. The Morgan fingerprint density at radius 3 is 1.74 bits per heavy atom. The van der Waals surface area contributed by atoms with Gasteiger partial charge in [0, 0.05) is 11.2 Å². The molecule has 0 unspecified atom stereocenters. The molecule has 1 nitrogen and oxygen atoms in total. The SMILES string of the molecule is c1ccc(-c2ccc(NC34CC5CC(CC(C5)C3)C4)cc2)cc1. The lowest BCUT2D eigenvalue weighted by Crippen LogP contribution is -2.54. The highest BCUT2D eigenvalue weighted by atomic mass is 15.0. The van der Waals surface area contributed by atoms with Gasteiger partial charge in [0.05, 0.1) is 0 Å². The predicted molar refractivity (Wildman–Crippen MR) is 96.4 cm³/mol. The minimum atomic E-state index is 0.406. The van der Waals surface area contributed by atoms with Gasteiger partial charge in [0.2, 0.25) is 0 Å². The van der Waals surface area contributed by atoms with Crippen molar-refractivity contribution in [3.8, 4) is 11.1 Å². The average molecular weight is 303 g/mol. The molecule has 2 aromatic rings. The summed E-state index contributed by atoms with van der Waals surface area (Å²) in [4.78, 5) is 0. The van der Waals surface area contributed by atoms with E-state index in [2.05, 4.69) is 59.9 Å². The van der Waals surface area contributed by atoms with Gasteiger partial charge in [0.1, 0.15) is 0 Å². The molecule has 1 N–H and O–H groups in total. The van der Waals surface area contributed by atoms with Gasteiger partial charge in [-0.3, -0.25) is 0 Å². The van der Waals surface area contributed by atoms with Gasteiger partial charge >= 0.3 is 0 Å². The first-order chi connectivity index (χ1) is 11.3. The zero-order valence-electron chi connectivity index (χ0n) is 13.7. The Balaban J connectivity index is 1.37. The van der Waals surface area contributed by atoms with E-state index in [0.717, 1.165) is 17.8 Å². The van der Waals surface area contributed by atoms with Gasteiger partial charge in [-0.15, -0.1) is 0 Å². The van der Waals surface area contributed by atoms with E-state index in [9.17, 15) is 0 Å². The van der Waals surface area contributed by atoms with Crippen LogP contribution in [-0.4, -0.2) is 5.54 Å². The number of hydrogen-bond acceptors (Lipinski definition) is 1. The summed E-state index contributed by atoms with van der Waals surface area (Å²) in [6, 6.07) is 19.7. The molecule has 0 aliphatic heterocycles. The normalized spacial score (nSPS) is 34.5. The van der Waals surface area contributed by atoms with Gasteiger partial charge < -0.3 is 5.32 Å². The lowest BCUT2D eigenvalue weighted by Gasteiger charge is -2.57. The number of rotatable bonds is 3. The Kier molecular flexibility index (Phi) is 3.04. The van der Waals surface area contributed by atoms with Crippen LogP contribution in [0.2, 0.25) is 0 Å². The first-order valence-electron chi connectivity index (χ1n) is 9.22. The quantitative estimate of drug-likeness (QED) is 0.763. The predicted octanol–water partition coefficient (Wildman–Crippen LogP) is 5.73. The molecule has 0 atom stereocenters. The molecule has 1 heteroatoms. The van der Waals surface area contributed by atoms with E-state index >= 15 is 0 Å². The molecule has 0 radical (unpaired) electrons. The number of hydrogen-bond donors (Lipinski definition) is 1. The molecule has 4 fully saturated rings. The molecule has 6 rings (SSSR count). The van der Waals surface area contributed by atoms with Crippen molar-refractivity contribution in [3.05, 3.63) is 54.6 Å². The third kappa shape index (κ3) is 2.47. The van der Waals surface area contributed by atoms with Crippen LogP contribution in [0.4, 0.5) is 5.69 Å². The van der Waals surface area contributed by atoms with E-state index in [1.807, 2.05) is 0 Å². The standard InChI is InChI=1S/C22H25N/c1-2-4-19(5-3-1)20-6-8-21(9-7-20)23-22-13-16-10-17(14-22)12-18(11-16)15-22/h1-9,16-18,23H,10-15H2. The maximum absolute atomic E-state index is 3.97. The van der Waals surface area contributed by atoms with Crippen LogP contribution in [0.15, 0.2) is 54.6 Å². The van der Waals surface area contributed by atoms with Crippen molar-refractivity contribution in [2.75, 3.05) is 5.32 Å². The zero-order chi connectivity index (χ0) is 15.3. The van der Waals surface area contributed by atoms with Crippen LogP contribution in [0.5, 0.6) is 0 Å². The molecule has 0 heterocycles. The third-order valence-corrected chi connectivity index (χ3v) is 6.44. The minimum absolute atomic E-state index is 0.406. The maximum atomic E-state index is 3.97. The molecular weight excluding hydrogens is 278 g/mol. The minimum Gasteiger partial charge on any atom is -0.380 e. The summed E-state index contributed by atoms with van der Waals surface area (Å²) in [5.41, 5.74) is 4.32. The number of nitrogens with one attached hydrogen (secondary N) is 1. The molecule has 23 heavy (non-hydrogen) atoms. The summed E-state index contributed by atoms with van der Waals surface area (Å²) < 4.78 is 0. The van der Waals surface area contributed by atoms with Crippen LogP contribution < -0.4 is 5.32 Å². The van der Waals surface area contributed by atoms with Gasteiger partial charge in [0.25, 0.3) is 0 Å². The summed E-state index contributed by atoms with van der Waals surface area (Å²) in [5, 5.41) is 3.97. The van der Waals surface area contributed by atoms with Gasteiger partial charge in [0.15, 0.2) is 0 Å². The number of benzene rings is 2. The van der Waals surface area contributed by atoms with E-state index in [1.165, 1.54) is 55.3 Å². The van der Waals surface area contributed by atoms with Crippen LogP contribution in [0.3, 0.4) is 0 Å². The molecular formula is C22H25N. The van der Waals surface area contributed by atoms with E-state index < -0.39 is 0 Å². The maximum Gasteiger partial charge on any atom is 0.0381 e. The van der Waals surface area contributed by atoms with Crippen molar-refractivity contribution in [2.24, 2.45) is 17.8 Å².